The maximum absolute atomic E-state index is 12.1. The van der Waals surface area contributed by atoms with E-state index in [1.807, 2.05) is 0 Å². The van der Waals surface area contributed by atoms with Crippen molar-refractivity contribution in [3.63, 3.8) is 0 Å². The van der Waals surface area contributed by atoms with Gasteiger partial charge in [0.25, 0.3) is 0 Å². The van der Waals surface area contributed by atoms with Gasteiger partial charge in [0.05, 0.1) is 0 Å². The number of hydrogen-bond acceptors (Lipinski definition) is 4. The van der Waals surface area contributed by atoms with Crippen LogP contribution in [0.25, 0.3) is 0 Å². The summed E-state index contributed by atoms with van der Waals surface area (Å²) in [5, 5.41) is 23.2. The van der Waals surface area contributed by atoms with Crippen LogP contribution < -0.4 is 10.6 Å². The number of amides is 2. The molecule has 0 fully saturated rings. The molecule has 0 aliphatic heterocycles. The molecule has 0 saturated carbocycles. The zero-order valence-corrected chi connectivity index (χ0v) is 35.2. The van der Waals surface area contributed by atoms with Gasteiger partial charge in [0.2, 0.25) is 11.8 Å². The molecule has 54 heavy (non-hydrogen) atoms. The Morgan fingerprint density at radius 2 is 0.389 bits per heavy atom. The third kappa shape index (κ3) is 46.0. The van der Waals surface area contributed by atoms with E-state index in [0.29, 0.717) is 38.8 Å². The Morgan fingerprint density at radius 1 is 0.241 bits per heavy atom. The summed E-state index contributed by atoms with van der Waals surface area (Å²) < 4.78 is 0. The number of carbonyl (C=O) groups is 4. The molecule has 2 amide bonds. The smallest absolute Gasteiger partial charge is 0.303 e. The topological polar surface area (TPSA) is 133 Å². The van der Waals surface area contributed by atoms with Crippen LogP contribution in [0.5, 0.6) is 0 Å². The van der Waals surface area contributed by atoms with E-state index in [9.17, 15) is 19.2 Å². The minimum atomic E-state index is -0.671. The highest BCUT2D eigenvalue weighted by atomic mass is 16.4. The van der Waals surface area contributed by atoms with Crippen molar-refractivity contribution in [2.75, 3.05) is 13.1 Å². The first-order valence-electron chi connectivity index (χ1n) is 23.4. The number of carboxylic acids is 2. The predicted molar refractivity (Wildman–Crippen MR) is 226 cm³/mol. The summed E-state index contributed by atoms with van der Waals surface area (Å²) in [6.07, 6.45) is 46.4. The molecule has 0 atom stereocenters. The Kier molecular flexibility index (Phi) is 41.9. The van der Waals surface area contributed by atoms with Gasteiger partial charge in [-0.25, -0.2) is 0 Å². The van der Waals surface area contributed by atoms with E-state index in [2.05, 4.69) is 10.6 Å². The Balaban J connectivity index is 3.25. The van der Waals surface area contributed by atoms with Gasteiger partial charge < -0.3 is 20.8 Å². The molecule has 8 heteroatoms. The quantitative estimate of drug-likeness (QED) is 0.0456. The highest BCUT2D eigenvalue weighted by molar-refractivity contribution is 5.77. The van der Waals surface area contributed by atoms with E-state index in [4.69, 9.17) is 10.2 Å². The molecule has 0 spiro atoms. The summed E-state index contributed by atoms with van der Waals surface area (Å²) in [5.74, 6) is -1.14. The van der Waals surface area contributed by atoms with Gasteiger partial charge in [0.15, 0.2) is 0 Å². The zero-order valence-electron chi connectivity index (χ0n) is 35.2. The Bertz CT molecular complexity index is 783. The van der Waals surface area contributed by atoms with Gasteiger partial charge >= 0.3 is 11.9 Å². The summed E-state index contributed by atoms with van der Waals surface area (Å²) in [7, 11) is 0. The zero-order chi connectivity index (χ0) is 39.4. The average molecular weight is 765 g/mol. The number of hydrogen-bond donors (Lipinski definition) is 4. The summed E-state index contributed by atoms with van der Waals surface area (Å²) in [4.78, 5) is 45.2. The van der Waals surface area contributed by atoms with E-state index in [0.717, 1.165) is 51.4 Å². The number of nitrogens with one attached hydrogen (secondary N) is 2. The van der Waals surface area contributed by atoms with E-state index >= 15 is 0 Å². The number of aliphatic carboxylic acids is 2. The molecule has 0 rings (SSSR count). The minimum absolute atomic E-state index is 0.100. The number of carbonyl (C=O) groups excluding carboxylic acids is 2. The van der Waals surface area contributed by atoms with Crippen LogP contribution in [0.2, 0.25) is 0 Å². The molecule has 0 saturated heterocycles. The van der Waals surface area contributed by atoms with Crippen molar-refractivity contribution < 1.29 is 29.4 Å². The lowest BCUT2D eigenvalue weighted by Crippen LogP contribution is -2.34. The van der Waals surface area contributed by atoms with Crippen LogP contribution in [0.4, 0.5) is 0 Å². The molecular weight excluding hydrogens is 677 g/mol. The van der Waals surface area contributed by atoms with Crippen LogP contribution in [0, 0.1) is 0 Å². The molecule has 0 bridgehead atoms. The monoisotopic (exact) mass is 765 g/mol. The molecule has 0 aromatic heterocycles. The predicted octanol–water partition coefficient (Wildman–Crippen LogP) is 13.0. The Morgan fingerprint density at radius 3 is 0.556 bits per heavy atom. The van der Waals surface area contributed by atoms with Gasteiger partial charge in [-0.15, -0.1) is 0 Å². The van der Waals surface area contributed by atoms with Crippen LogP contribution in [-0.2, 0) is 19.2 Å². The van der Waals surface area contributed by atoms with Crippen molar-refractivity contribution in [1.82, 2.24) is 10.6 Å². The fourth-order valence-corrected chi connectivity index (χ4v) is 7.36. The molecule has 318 valence electrons. The van der Waals surface area contributed by atoms with Gasteiger partial charge in [-0.3, -0.25) is 19.2 Å². The first kappa shape index (κ1) is 51.9. The molecule has 0 aromatic carbocycles. The van der Waals surface area contributed by atoms with Crippen LogP contribution in [0.15, 0.2) is 0 Å². The van der Waals surface area contributed by atoms with Crippen molar-refractivity contribution in [3.8, 4) is 0 Å². The van der Waals surface area contributed by atoms with Crippen molar-refractivity contribution in [2.24, 2.45) is 0 Å². The molecular formula is C46H88N2O6. The van der Waals surface area contributed by atoms with Crippen LogP contribution >= 0.6 is 0 Å². The lowest BCUT2D eigenvalue weighted by atomic mass is 10.0. The molecule has 0 heterocycles. The largest absolute Gasteiger partial charge is 0.481 e. The van der Waals surface area contributed by atoms with E-state index in [-0.39, 0.29) is 11.8 Å². The SMILES string of the molecule is O=C(O)CCCCCCCCCCCCCCCCCCCCC(=O)NCCNC(=O)CCCCCCCCCCCCCCCCCCCCC(=O)O. The van der Waals surface area contributed by atoms with Gasteiger partial charge in [0.1, 0.15) is 0 Å². The van der Waals surface area contributed by atoms with Gasteiger partial charge in [-0.05, 0) is 25.7 Å². The van der Waals surface area contributed by atoms with Crippen molar-refractivity contribution in [2.45, 2.75) is 257 Å². The lowest BCUT2D eigenvalue weighted by molar-refractivity contribution is -0.138. The fourth-order valence-electron chi connectivity index (χ4n) is 7.36. The summed E-state index contributed by atoms with van der Waals surface area (Å²) >= 11 is 0. The van der Waals surface area contributed by atoms with Gasteiger partial charge in [-0.2, -0.15) is 0 Å². The van der Waals surface area contributed by atoms with Crippen molar-refractivity contribution >= 4 is 23.8 Å². The molecule has 0 aromatic rings. The standard InChI is InChI=1S/C46H88N2O6/c49-43(37-33-29-25-21-17-13-9-5-1-3-7-11-15-19-23-27-31-35-39-45(51)52)47-41-42-48-44(50)38-34-30-26-22-18-14-10-6-2-4-8-12-16-20-24-28-32-36-40-46(53)54/h1-42H2,(H,47,49)(H,48,50)(H,51,52)(H,53,54). The fraction of sp³-hybridized carbons (Fsp3) is 0.913. The normalized spacial score (nSPS) is 11.2. The molecule has 0 aliphatic carbocycles. The molecule has 8 nitrogen and oxygen atoms in total. The minimum Gasteiger partial charge on any atom is -0.481 e. The summed E-state index contributed by atoms with van der Waals surface area (Å²) in [6.45, 7) is 1.03. The second-order valence-electron chi connectivity index (χ2n) is 16.2. The second kappa shape index (κ2) is 43.6. The van der Waals surface area contributed by atoms with Crippen molar-refractivity contribution in [3.05, 3.63) is 0 Å². The summed E-state index contributed by atoms with van der Waals surface area (Å²) in [5.41, 5.74) is 0. The number of carboxylic acid groups (broad SMARTS) is 2. The van der Waals surface area contributed by atoms with Crippen LogP contribution in [-0.4, -0.2) is 47.1 Å². The highest BCUT2D eigenvalue weighted by Gasteiger charge is 2.04. The maximum Gasteiger partial charge on any atom is 0.303 e. The highest BCUT2D eigenvalue weighted by Crippen LogP contribution is 2.16. The Hall–Kier alpha value is -2.12. The first-order valence-corrected chi connectivity index (χ1v) is 23.4. The van der Waals surface area contributed by atoms with Gasteiger partial charge in [-0.1, -0.05) is 205 Å². The maximum atomic E-state index is 12.1. The molecule has 0 aliphatic rings. The van der Waals surface area contributed by atoms with E-state index in [1.165, 1.54) is 180 Å². The van der Waals surface area contributed by atoms with Crippen LogP contribution in [0.1, 0.15) is 257 Å². The Labute approximate surface area is 332 Å². The number of unbranched alkanes of at least 4 members (excludes halogenated alkanes) is 34. The van der Waals surface area contributed by atoms with Crippen LogP contribution in [0.3, 0.4) is 0 Å². The molecule has 4 N–H and O–H groups in total. The third-order valence-corrected chi connectivity index (χ3v) is 10.9. The lowest BCUT2D eigenvalue weighted by Gasteiger charge is -2.07. The second-order valence-corrected chi connectivity index (χ2v) is 16.2. The molecule has 0 radical (unpaired) electrons. The van der Waals surface area contributed by atoms with Crippen molar-refractivity contribution in [1.29, 1.82) is 0 Å². The average Bonchev–Trinajstić information content (AvgIpc) is 3.14. The molecule has 0 unspecified atom stereocenters. The van der Waals surface area contributed by atoms with E-state index in [1.54, 1.807) is 0 Å². The van der Waals surface area contributed by atoms with E-state index < -0.39 is 11.9 Å². The number of rotatable bonds is 45. The van der Waals surface area contributed by atoms with Gasteiger partial charge in [0, 0.05) is 38.8 Å². The third-order valence-electron chi connectivity index (χ3n) is 10.9. The summed E-state index contributed by atoms with van der Waals surface area (Å²) in [6, 6.07) is 0. The first-order chi connectivity index (χ1) is 26.4.